The number of anilines is 2. The summed E-state index contributed by atoms with van der Waals surface area (Å²) in [7, 11) is 0. The smallest absolute Gasteiger partial charge is 0.169 e. The van der Waals surface area contributed by atoms with Gasteiger partial charge >= 0.3 is 0 Å². The van der Waals surface area contributed by atoms with Crippen LogP contribution in [-0.2, 0) is 13.1 Å². The second-order valence-electron chi connectivity index (χ2n) is 5.61. The molecule has 0 radical (unpaired) electrons. The number of aliphatic hydroxyl groups is 1. The van der Waals surface area contributed by atoms with Crippen molar-refractivity contribution in [1.29, 1.82) is 0 Å². The number of nitrogens with one attached hydrogen (secondary N) is 1. The molecule has 0 saturated heterocycles. The first kappa shape index (κ1) is 16.0. The van der Waals surface area contributed by atoms with Gasteiger partial charge in [-0.2, -0.15) is 10.2 Å². The molecular weight excluding hydrogens is 334 g/mol. The Bertz CT molecular complexity index is 1040. The molecule has 0 bridgehead atoms. The maximum atomic E-state index is 8.98. The lowest BCUT2D eigenvalue weighted by molar-refractivity contribution is 0.269. The van der Waals surface area contributed by atoms with Crippen LogP contribution in [0.1, 0.15) is 5.69 Å². The molecule has 0 atom stereocenters. The molecule has 0 amide bonds. The van der Waals surface area contributed by atoms with Gasteiger partial charge in [-0.3, -0.25) is 4.68 Å². The van der Waals surface area contributed by atoms with Crippen molar-refractivity contribution in [2.75, 3.05) is 17.7 Å². The van der Waals surface area contributed by atoms with E-state index in [-0.39, 0.29) is 6.61 Å². The minimum Gasteiger partial charge on any atom is -0.394 e. The quantitative estimate of drug-likeness (QED) is 0.459. The van der Waals surface area contributed by atoms with Crippen LogP contribution < -0.4 is 11.1 Å². The van der Waals surface area contributed by atoms with Gasteiger partial charge in [0.2, 0.25) is 0 Å². The maximum absolute atomic E-state index is 8.98. The first-order valence-corrected chi connectivity index (χ1v) is 8.02. The van der Waals surface area contributed by atoms with Crippen molar-refractivity contribution in [1.82, 2.24) is 34.3 Å². The van der Waals surface area contributed by atoms with E-state index in [9.17, 15) is 0 Å². The van der Waals surface area contributed by atoms with Crippen LogP contribution in [0.25, 0.3) is 16.9 Å². The predicted molar refractivity (Wildman–Crippen MR) is 95.1 cm³/mol. The van der Waals surface area contributed by atoms with Gasteiger partial charge in [0.05, 0.1) is 49.7 Å². The average molecular weight is 351 g/mol. The largest absolute Gasteiger partial charge is 0.394 e. The highest BCUT2D eigenvalue weighted by Crippen LogP contribution is 2.21. The summed E-state index contributed by atoms with van der Waals surface area (Å²) in [6.07, 6.45) is 8.62. The number of rotatable bonds is 6. The summed E-state index contributed by atoms with van der Waals surface area (Å²) in [4.78, 5) is 13.2. The van der Waals surface area contributed by atoms with Gasteiger partial charge in [0.1, 0.15) is 0 Å². The molecule has 10 heteroatoms. The van der Waals surface area contributed by atoms with Crippen LogP contribution in [0.3, 0.4) is 0 Å². The number of nitrogen functional groups attached to an aromatic ring is 1. The van der Waals surface area contributed by atoms with Gasteiger partial charge in [0.15, 0.2) is 17.3 Å². The molecule has 0 aromatic carbocycles. The summed E-state index contributed by atoms with van der Waals surface area (Å²) in [5.41, 5.74) is 8.98. The van der Waals surface area contributed by atoms with Crippen LogP contribution in [0.2, 0.25) is 0 Å². The Hall–Kier alpha value is -3.53. The molecule has 4 rings (SSSR count). The van der Waals surface area contributed by atoms with E-state index in [0.717, 1.165) is 16.9 Å². The van der Waals surface area contributed by atoms with E-state index < -0.39 is 0 Å². The van der Waals surface area contributed by atoms with Gasteiger partial charge in [0, 0.05) is 24.0 Å². The fourth-order valence-electron chi connectivity index (χ4n) is 2.51. The average Bonchev–Trinajstić information content (AvgIpc) is 3.30. The van der Waals surface area contributed by atoms with E-state index in [0.29, 0.717) is 30.4 Å². The van der Waals surface area contributed by atoms with E-state index in [2.05, 4.69) is 30.5 Å². The highest BCUT2D eigenvalue weighted by atomic mass is 16.3. The summed E-state index contributed by atoms with van der Waals surface area (Å²) in [5, 5.41) is 20.4. The van der Waals surface area contributed by atoms with Crippen LogP contribution >= 0.6 is 0 Å². The monoisotopic (exact) mass is 351 g/mol. The lowest BCUT2D eigenvalue weighted by Crippen LogP contribution is -2.08. The standard InChI is InChI=1S/C16H17N9O/c17-15-16(19-8-12-2-4-25-14(22-12)1-3-20-25)23-13(9-18-15)11-7-21-24(10-11)5-6-26/h1-4,7,9-10,26H,5-6,8H2,(H2,17,18)(H,19,23). The van der Waals surface area contributed by atoms with Crippen molar-refractivity contribution in [2.24, 2.45) is 0 Å². The van der Waals surface area contributed by atoms with Crippen LogP contribution in [0.15, 0.2) is 43.1 Å². The molecule has 4 N–H and O–H groups in total. The first-order valence-electron chi connectivity index (χ1n) is 8.02. The molecule has 26 heavy (non-hydrogen) atoms. The van der Waals surface area contributed by atoms with Gasteiger partial charge in [-0.25, -0.2) is 19.5 Å². The van der Waals surface area contributed by atoms with Gasteiger partial charge in [-0.15, -0.1) is 0 Å². The Morgan fingerprint density at radius 1 is 1.15 bits per heavy atom. The number of hydrogen-bond acceptors (Lipinski definition) is 8. The summed E-state index contributed by atoms with van der Waals surface area (Å²) in [6, 6.07) is 3.71. The van der Waals surface area contributed by atoms with Crippen molar-refractivity contribution < 1.29 is 5.11 Å². The fraction of sp³-hybridized carbons (Fsp3) is 0.188. The zero-order valence-corrected chi connectivity index (χ0v) is 13.8. The number of nitrogens with zero attached hydrogens (tertiary/aromatic N) is 7. The molecule has 4 aromatic heterocycles. The second-order valence-corrected chi connectivity index (χ2v) is 5.61. The fourth-order valence-corrected chi connectivity index (χ4v) is 2.51. The minimum atomic E-state index is 0.0237. The first-order chi connectivity index (χ1) is 12.7. The van der Waals surface area contributed by atoms with E-state index >= 15 is 0 Å². The molecule has 0 saturated carbocycles. The summed E-state index contributed by atoms with van der Waals surface area (Å²) < 4.78 is 3.34. The van der Waals surface area contributed by atoms with E-state index in [4.69, 9.17) is 10.8 Å². The number of hydrogen-bond donors (Lipinski definition) is 3. The minimum absolute atomic E-state index is 0.0237. The molecule has 0 spiro atoms. The molecule has 0 aliphatic heterocycles. The normalized spacial score (nSPS) is 11.1. The second kappa shape index (κ2) is 6.76. The van der Waals surface area contributed by atoms with Gasteiger partial charge in [0.25, 0.3) is 0 Å². The Morgan fingerprint density at radius 2 is 2.08 bits per heavy atom. The molecule has 0 aliphatic rings. The third kappa shape index (κ3) is 3.17. The molecule has 10 nitrogen and oxygen atoms in total. The molecule has 0 fully saturated rings. The highest BCUT2D eigenvalue weighted by Gasteiger charge is 2.09. The maximum Gasteiger partial charge on any atom is 0.169 e. The zero-order chi connectivity index (χ0) is 17.9. The number of fused-ring (bicyclic) bond motifs is 1. The van der Waals surface area contributed by atoms with Crippen LogP contribution in [0.4, 0.5) is 11.6 Å². The van der Waals surface area contributed by atoms with Crippen molar-refractivity contribution in [2.45, 2.75) is 13.1 Å². The highest BCUT2D eigenvalue weighted by molar-refractivity contribution is 5.64. The summed E-state index contributed by atoms with van der Waals surface area (Å²) in [6.45, 7) is 0.903. The zero-order valence-electron chi connectivity index (χ0n) is 13.8. The van der Waals surface area contributed by atoms with Gasteiger partial charge in [-0.05, 0) is 6.07 Å². The lowest BCUT2D eigenvalue weighted by Gasteiger charge is -2.09. The topological polar surface area (TPSA) is 132 Å². The molecule has 0 aliphatic carbocycles. The third-order valence-electron chi connectivity index (χ3n) is 3.81. The van der Waals surface area contributed by atoms with Crippen LogP contribution in [-0.4, -0.2) is 46.1 Å². The Balaban J connectivity index is 1.53. The predicted octanol–water partition coefficient (Wildman–Crippen LogP) is 0.569. The number of nitrogens with two attached hydrogens (primary N) is 1. The van der Waals surface area contributed by atoms with Crippen LogP contribution in [0.5, 0.6) is 0 Å². The van der Waals surface area contributed by atoms with Crippen molar-refractivity contribution in [3.63, 3.8) is 0 Å². The lowest BCUT2D eigenvalue weighted by atomic mass is 10.2. The summed E-state index contributed by atoms with van der Waals surface area (Å²) >= 11 is 0. The molecular formula is C16H17N9O. The van der Waals surface area contributed by atoms with Crippen LogP contribution in [0, 0.1) is 0 Å². The van der Waals surface area contributed by atoms with Crippen molar-refractivity contribution in [3.05, 3.63) is 48.8 Å². The Morgan fingerprint density at radius 3 is 2.96 bits per heavy atom. The van der Waals surface area contributed by atoms with Crippen molar-refractivity contribution in [3.8, 4) is 11.3 Å². The van der Waals surface area contributed by atoms with E-state index in [1.54, 1.807) is 34.0 Å². The molecule has 132 valence electrons. The van der Waals surface area contributed by atoms with Crippen molar-refractivity contribution >= 4 is 17.3 Å². The Labute approximate surface area is 148 Å². The third-order valence-corrected chi connectivity index (χ3v) is 3.81. The van der Waals surface area contributed by atoms with E-state index in [1.165, 1.54) is 0 Å². The SMILES string of the molecule is Nc1ncc(-c2cnn(CCO)c2)nc1NCc1ccn2nccc2n1. The van der Waals surface area contributed by atoms with E-state index in [1.807, 2.05) is 18.3 Å². The Kier molecular flexibility index (Phi) is 4.15. The summed E-state index contributed by atoms with van der Waals surface area (Å²) in [5.74, 6) is 0.787. The van der Waals surface area contributed by atoms with Gasteiger partial charge < -0.3 is 16.2 Å². The molecule has 4 heterocycles. The molecule has 0 unspecified atom stereocenters. The van der Waals surface area contributed by atoms with Gasteiger partial charge in [-0.1, -0.05) is 0 Å². The molecule has 4 aromatic rings. The number of aliphatic hydroxyl groups excluding tert-OH is 1. The number of aromatic nitrogens is 7.